The number of anilines is 3. The Balaban J connectivity index is 1.80. The van der Waals surface area contributed by atoms with Crippen LogP contribution in [0.1, 0.15) is 27.2 Å². The largest absolute Gasteiger partial charge is 0.491 e. The highest BCUT2D eigenvalue weighted by molar-refractivity contribution is 5.67. The van der Waals surface area contributed by atoms with Crippen LogP contribution >= 0.6 is 0 Å². The summed E-state index contributed by atoms with van der Waals surface area (Å²) in [4.78, 5) is 19.7. The van der Waals surface area contributed by atoms with Crippen molar-refractivity contribution >= 4 is 23.5 Å². The zero-order valence-electron chi connectivity index (χ0n) is 18.3. The number of benzene rings is 1. The summed E-state index contributed by atoms with van der Waals surface area (Å²) in [6.45, 7) is 7.16. The van der Waals surface area contributed by atoms with Gasteiger partial charge in [0.1, 0.15) is 18.0 Å². The van der Waals surface area contributed by atoms with Gasteiger partial charge in [0.05, 0.1) is 12.8 Å². The standard InChI is InChI=1S/C21H30FN5O4/c1-21(2,3)31-20(28)24-11-5-10-23-18-17(22)14-25-19(27-18)26-15-6-8-16(9-7-15)30-13-12-29-4/h6-9,14H,5,10-13H2,1-4H3,(H,24,28)(H2,23,25,26,27). The molecule has 10 heteroatoms. The number of methoxy groups -OCH3 is 1. The molecule has 0 aliphatic heterocycles. The summed E-state index contributed by atoms with van der Waals surface area (Å²) < 4.78 is 29.6. The summed E-state index contributed by atoms with van der Waals surface area (Å²) >= 11 is 0. The Hall–Kier alpha value is -3.14. The normalized spacial score (nSPS) is 11.0. The molecule has 0 bridgehead atoms. The predicted octanol–water partition coefficient (Wildman–Crippen LogP) is 3.71. The average molecular weight is 436 g/mol. The molecule has 0 radical (unpaired) electrons. The maximum atomic E-state index is 14.0. The first-order valence-electron chi connectivity index (χ1n) is 9.99. The SMILES string of the molecule is COCCOc1ccc(Nc2ncc(F)c(NCCCNC(=O)OC(C)(C)C)n2)cc1. The average Bonchev–Trinajstić information content (AvgIpc) is 2.70. The first-order chi connectivity index (χ1) is 14.8. The van der Waals surface area contributed by atoms with Crippen molar-refractivity contribution in [3.05, 3.63) is 36.3 Å². The van der Waals surface area contributed by atoms with Gasteiger partial charge in [0.2, 0.25) is 5.95 Å². The molecule has 1 heterocycles. The van der Waals surface area contributed by atoms with Gasteiger partial charge in [0, 0.05) is 25.9 Å². The molecule has 1 aromatic heterocycles. The van der Waals surface area contributed by atoms with Crippen molar-refractivity contribution in [1.82, 2.24) is 15.3 Å². The van der Waals surface area contributed by atoms with Gasteiger partial charge < -0.3 is 30.2 Å². The van der Waals surface area contributed by atoms with Crippen LogP contribution in [0.25, 0.3) is 0 Å². The Morgan fingerprint density at radius 2 is 1.87 bits per heavy atom. The van der Waals surface area contributed by atoms with Crippen LogP contribution < -0.4 is 20.7 Å². The number of alkyl carbamates (subject to hydrolysis) is 1. The van der Waals surface area contributed by atoms with Crippen LogP contribution in [0.4, 0.5) is 26.6 Å². The van der Waals surface area contributed by atoms with Gasteiger partial charge in [-0.25, -0.2) is 14.2 Å². The third kappa shape index (κ3) is 9.47. The molecule has 1 aromatic carbocycles. The highest BCUT2D eigenvalue weighted by Crippen LogP contribution is 2.20. The van der Waals surface area contributed by atoms with Crippen molar-refractivity contribution in [1.29, 1.82) is 0 Å². The maximum absolute atomic E-state index is 14.0. The molecule has 170 valence electrons. The molecule has 31 heavy (non-hydrogen) atoms. The number of hydrogen-bond acceptors (Lipinski definition) is 8. The molecular formula is C21H30FN5O4. The van der Waals surface area contributed by atoms with Gasteiger partial charge in [0.15, 0.2) is 11.6 Å². The molecule has 0 unspecified atom stereocenters. The van der Waals surface area contributed by atoms with Gasteiger partial charge in [-0.2, -0.15) is 4.98 Å². The Bertz CT molecular complexity index is 828. The second kappa shape index (κ2) is 11.9. The Labute approximate surface area is 181 Å². The van der Waals surface area contributed by atoms with Crippen LogP contribution in [0.15, 0.2) is 30.5 Å². The molecule has 2 rings (SSSR count). The van der Waals surface area contributed by atoms with E-state index in [1.165, 1.54) is 0 Å². The third-order valence-electron chi connectivity index (χ3n) is 3.72. The monoisotopic (exact) mass is 435 g/mol. The molecule has 0 atom stereocenters. The van der Waals surface area contributed by atoms with E-state index in [4.69, 9.17) is 14.2 Å². The van der Waals surface area contributed by atoms with Crippen molar-refractivity contribution < 1.29 is 23.4 Å². The summed E-state index contributed by atoms with van der Waals surface area (Å²) in [5.41, 5.74) is 0.186. The number of nitrogens with zero attached hydrogens (tertiary/aromatic N) is 2. The minimum absolute atomic E-state index is 0.0780. The van der Waals surface area contributed by atoms with Crippen LogP contribution in [-0.4, -0.2) is 55.1 Å². The van der Waals surface area contributed by atoms with Crippen LogP contribution in [0.5, 0.6) is 5.75 Å². The second-order valence-corrected chi connectivity index (χ2v) is 7.59. The van der Waals surface area contributed by atoms with Crippen molar-refractivity contribution in [2.24, 2.45) is 0 Å². The van der Waals surface area contributed by atoms with Gasteiger partial charge in [-0.05, 0) is 51.5 Å². The van der Waals surface area contributed by atoms with Gasteiger partial charge in [-0.1, -0.05) is 0 Å². The molecule has 2 aromatic rings. The smallest absolute Gasteiger partial charge is 0.407 e. The fourth-order valence-corrected chi connectivity index (χ4v) is 2.36. The molecule has 9 nitrogen and oxygen atoms in total. The van der Waals surface area contributed by atoms with Crippen molar-refractivity contribution in [2.45, 2.75) is 32.8 Å². The fraction of sp³-hybridized carbons (Fsp3) is 0.476. The molecule has 1 amide bonds. The van der Waals surface area contributed by atoms with E-state index in [0.717, 1.165) is 11.9 Å². The van der Waals surface area contributed by atoms with E-state index < -0.39 is 17.5 Å². The zero-order chi connectivity index (χ0) is 22.7. The molecular weight excluding hydrogens is 405 g/mol. The van der Waals surface area contributed by atoms with Crippen LogP contribution in [0.3, 0.4) is 0 Å². The molecule has 0 saturated carbocycles. The van der Waals surface area contributed by atoms with Crippen LogP contribution in [0.2, 0.25) is 0 Å². The number of amides is 1. The van der Waals surface area contributed by atoms with Gasteiger partial charge in [-0.3, -0.25) is 0 Å². The molecule has 0 aliphatic carbocycles. The fourth-order valence-electron chi connectivity index (χ4n) is 2.36. The maximum Gasteiger partial charge on any atom is 0.407 e. The number of carbonyl (C=O) groups excluding carboxylic acids is 1. The van der Waals surface area contributed by atoms with E-state index in [2.05, 4.69) is 25.9 Å². The number of rotatable bonds is 11. The molecule has 0 fully saturated rings. The lowest BCUT2D eigenvalue weighted by Crippen LogP contribution is -2.33. The quantitative estimate of drug-likeness (QED) is 0.459. The Kier molecular flexibility index (Phi) is 9.26. The molecule has 0 aliphatic rings. The lowest BCUT2D eigenvalue weighted by atomic mass is 10.2. The summed E-state index contributed by atoms with van der Waals surface area (Å²) in [5.74, 6) is 0.482. The first kappa shape index (κ1) is 24.1. The van der Waals surface area contributed by atoms with Gasteiger partial charge >= 0.3 is 6.09 Å². The first-order valence-corrected chi connectivity index (χ1v) is 9.99. The summed E-state index contributed by atoms with van der Waals surface area (Å²) in [7, 11) is 1.61. The van der Waals surface area contributed by atoms with Crippen molar-refractivity contribution in [3.63, 3.8) is 0 Å². The van der Waals surface area contributed by atoms with E-state index in [1.807, 2.05) is 12.1 Å². The topological polar surface area (TPSA) is 107 Å². The number of nitrogens with one attached hydrogen (secondary N) is 3. The van der Waals surface area contributed by atoms with E-state index in [0.29, 0.717) is 38.5 Å². The van der Waals surface area contributed by atoms with Crippen molar-refractivity contribution in [2.75, 3.05) is 44.0 Å². The van der Waals surface area contributed by atoms with E-state index in [1.54, 1.807) is 40.0 Å². The number of hydrogen-bond donors (Lipinski definition) is 3. The van der Waals surface area contributed by atoms with Gasteiger partial charge in [-0.15, -0.1) is 0 Å². The third-order valence-corrected chi connectivity index (χ3v) is 3.72. The van der Waals surface area contributed by atoms with Crippen molar-refractivity contribution in [3.8, 4) is 5.75 Å². The van der Waals surface area contributed by atoms with E-state index in [9.17, 15) is 9.18 Å². The second-order valence-electron chi connectivity index (χ2n) is 7.59. The number of aromatic nitrogens is 2. The number of halogens is 1. The van der Waals surface area contributed by atoms with Gasteiger partial charge in [0.25, 0.3) is 0 Å². The van der Waals surface area contributed by atoms with E-state index >= 15 is 0 Å². The number of carbonyl (C=O) groups is 1. The van der Waals surface area contributed by atoms with E-state index in [-0.39, 0.29) is 11.8 Å². The molecule has 0 spiro atoms. The molecule has 0 saturated heterocycles. The summed E-state index contributed by atoms with van der Waals surface area (Å²) in [6, 6.07) is 7.23. The van der Waals surface area contributed by atoms with Crippen LogP contribution in [0, 0.1) is 5.82 Å². The van der Waals surface area contributed by atoms with Crippen LogP contribution in [-0.2, 0) is 9.47 Å². The minimum atomic E-state index is -0.562. The lowest BCUT2D eigenvalue weighted by molar-refractivity contribution is 0.0527. The Morgan fingerprint density at radius 3 is 2.55 bits per heavy atom. The zero-order valence-corrected chi connectivity index (χ0v) is 18.3. The summed E-state index contributed by atoms with van der Waals surface area (Å²) in [5, 5.41) is 8.58. The highest BCUT2D eigenvalue weighted by Gasteiger charge is 2.15. The predicted molar refractivity (Wildman–Crippen MR) is 116 cm³/mol. The lowest BCUT2D eigenvalue weighted by Gasteiger charge is -2.19. The summed E-state index contributed by atoms with van der Waals surface area (Å²) in [6.07, 6.45) is 1.18. The minimum Gasteiger partial charge on any atom is -0.491 e. The molecule has 3 N–H and O–H groups in total. The highest BCUT2D eigenvalue weighted by atomic mass is 19.1. The number of ether oxygens (including phenoxy) is 3. The Morgan fingerprint density at radius 1 is 1.13 bits per heavy atom.